The molecule has 0 spiro atoms. The summed E-state index contributed by atoms with van der Waals surface area (Å²) in [6.07, 6.45) is 4.53. The van der Waals surface area contributed by atoms with Gasteiger partial charge in [0.2, 0.25) is 5.91 Å². The molecule has 0 aromatic heterocycles. The molecule has 0 saturated heterocycles. The molecule has 2 amide bonds. The van der Waals surface area contributed by atoms with Crippen LogP contribution in [-0.2, 0) is 16.1 Å². The van der Waals surface area contributed by atoms with Gasteiger partial charge in [0.1, 0.15) is 17.6 Å². The van der Waals surface area contributed by atoms with Crippen molar-refractivity contribution in [2.45, 2.75) is 57.7 Å². The maximum Gasteiger partial charge on any atom is 0.261 e. The second-order valence-corrected chi connectivity index (χ2v) is 8.76. The number of nitrogens with zero attached hydrogens (tertiary/aromatic N) is 1. The van der Waals surface area contributed by atoms with Gasteiger partial charge in [0.05, 0.1) is 0 Å². The summed E-state index contributed by atoms with van der Waals surface area (Å²) in [7, 11) is 0. The highest BCUT2D eigenvalue weighted by molar-refractivity contribution is 6.35. The van der Waals surface area contributed by atoms with Gasteiger partial charge in [-0.15, -0.1) is 0 Å². The molecule has 1 unspecified atom stereocenters. The number of ether oxygens (including phenoxy) is 1. The Morgan fingerprint density at radius 3 is 2.47 bits per heavy atom. The first kappa shape index (κ1) is 24.3. The number of hydrogen-bond acceptors (Lipinski definition) is 3. The second kappa shape index (κ2) is 11.5. The predicted octanol–water partition coefficient (Wildman–Crippen LogP) is 5.38. The fraction of sp³-hybridized carbons (Fsp3) is 0.417. The average molecular weight is 481 g/mol. The summed E-state index contributed by atoms with van der Waals surface area (Å²) in [5.41, 5.74) is 0.679. The Hall–Kier alpha value is -2.31. The minimum atomic E-state index is -0.674. The Morgan fingerprint density at radius 2 is 1.84 bits per heavy atom. The molecule has 5 nitrogen and oxygen atoms in total. The predicted molar refractivity (Wildman–Crippen MR) is 123 cm³/mol. The van der Waals surface area contributed by atoms with Crippen LogP contribution < -0.4 is 10.1 Å². The monoisotopic (exact) mass is 480 g/mol. The van der Waals surface area contributed by atoms with Crippen molar-refractivity contribution >= 4 is 35.0 Å². The van der Waals surface area contributed by atoms with E-state index in [9.17, 15) is 14.0 Å². The van der Waals surface area contributed by atoms with Gasteiger partial charge in [-0.25, -0.2) is 4.39 Å². The van der Waals surface area contributed by atoms with E-state index >= 15 is 0 Å². The van der Waals surface area contributed by atoms with E-state index < -0.39 is 11.9 Å². The minimum Gasteiger partial charge on any atom is -0.484 e. The van der Waals surface area contributed by atoms with Crippen molar-refractivity contribution in [3.63, 3.8) is 0 Å². The van der Waals surface area contributed by atoms with Crippen LogP contribution in [0.4, 0.5) is 4.39 Å². The molecule has 1 atom stereocenters. The van der Waals surface area contributed by atoms with E-state index in [2.05, 4.69) is 5.32 Å². The quantitative estimate of drug-likeness (QED) is 0.524. The zero-order valence-electron chi connectivity index (χ0n) is 18.0. The molecule has 1 N–H and O–H groups in total. The molecule has 1 aliphatic rings. The summed E-state index contributed by atoms with van der Waals surface area (Å²) in [6, 6.07) is 9.93. The van der Waals surface area contributed by atoms with Gasteiger partial charge in [-0.3, -0.25) is 9.59 Å². The smallest absolute Gasteiger partial charge is 0.261 e. The van der Waals surface area contributed by atoms with Crippen LogP contribution in [0.5, 0.6) is 5.75 Å². The number of benzene rings is 2. The first-order valence-corrected chi connectivity index (χ1v) is 11.5. The van der Waals surface area contributed by atoms with Crippen molar-refractivity contribution < 1.29 is 18.7 Å². The molecule has 2 aromatic carbocycles. The maximum absolute atomic E-state index is 13.2. The van der Waals surface area contributed by atoms with Crippen molar-refractivity contribution in [2.24, 2.45) is 0 Å². The summed E-state index contributed by atoms with van der Waals surface area (Å²) in [6.45, 7) is 1.71. The summed E-state index contributed by atoms with van der Waals surface area (Å²) >= 11 is 12.3. The molecule has 1 saturated carbocycles. The first-order valence-electron chi connectivity index (χ1n) is 10.8. The molecular formula is C24H27Cl2FN2O3. The van der Waals surface area contributed by atoms with Crippen LogP contribution >= 0.6 is 23.2 Å². The number of halogens is 3. The van der Waals surface area contributed by atoms with Crippen LogP contribution in [0.15, 0.2) is 42.5 Å². The van der Waals surface area contributed by atoms with Gasteiger partial charge in [-0.1, -0.05) is 49.0 Å². The van der Waals surface area contributed by atoms with Crippen LogP contribution in [0.25, 0.3) is 0 Å². The number of rotatable bonds is 9. The van der Waals surface area contributed by atoms with E-state index in [-0.39, 0.29) is 31.0 Å². The molecule has 1 fully saturated rings. The SMILES string of the molecule is CCC(C(=O)NC1CCCC1)N(Cc1ccc(Cl)cc1Cl)C(=O)COc1ccc(F)cc1. The van der Waals surface area contributed by atoms with Gasteiger partial charge in [-0.05, 0) is 61.2 Å². The summed E-state index contributed by atoms with van der Waals surface area (Å²) in [4.78, 5) is 27.8. The Bertz CT molecular complexity index is 933. The van der Waals surface area contributed by atoms with Crippen LogP contribution in [0.2, 0.25) is 10.0 Å². The highest BCUT2D eigenvalue weighted by Gasteiger charge is 2.31. The number of nitrogens with one attached hydrogen (secondary N) is 1. The lowest BCUT2D eigenvalue weighted by Gasteiger charge is -2.31. The molecule has 32 heavy (non-hydrogen) atoms. The minimum absolute atomic E-state index is 0.137. The zero-order chi connectivity index (χ0) is 23.1. The van der Waals surface area contributed by atoms with E-state index in [4.69, 9.17) is 27.9 Å². The lowest BCUT2D eigenvalue weighted by molar-refractivity contribution is -0.143. The highest BCUT2D eigenvalue weighted by atomic mass is 35.5. The van der Waals surface area contributed by atoms with Crippen molar-refractivity contribution in [3.05, 3.63) is 63.9 Å². The molecule has 0 aliphatic heterocycles. The van der Waals surface area contributed by atoms with E-state index in [1.807, 2.05) is 6.92 Å². The van der Waals surface area contributed by atoms with Crippen molar-refractivity contribution in [1.29, 1.82) is 0 Å². The Morgan fingerprint density at radius 1 is 1.16 bits per heavy atom. The molecule has 1 aliphatic carbocycles. The standard InChI is InChI=1S/C24H27Cl2FN2O3/c1-2-22(24(31)28-19-5-3-4-6-19)29(14-16-7-8-17(25)13-21(16)26)23(30)15-32-20-11-9-18(27)10-12-20/h7-13,19,22H,2-6,14-15H2,1H3,(H,28,31). The van der Waals surface area contributed by atoms with E-state index in [1.54, 1.807) is 18.2 Å². The van der Waals surface area contributed by atoms with E-state index in [0.717, 1.165) is 25.7 Å². The van der Waals surface area contributed by atoms with Crippen molar-refractivity contribution in [1.82, 2.24) is 10.2 Å². The van der Waals surface area contributed by atoms with Gasteiger partial charge in [0.15, 0.2) is 6.61 Å². The number of hydrogen-bond donors (Lipinski definition) is 1. The largest absolute Gasteiger partial charge is 0.484 e. The number of carbonyl (C=O) groups excluding carboxylic acids is 2. The lowest BCUT2D eigenvalue weighted by Crippen LogP contribution is -2.52. The van der Waals surface area contributed by atoms with Gasteiger partial charge >= 0.3 is 0 Å². The Kier molecular flexibility index (Phi) is 8.76. The van der Waals surface area contributed by atoms with E-state index in [0.29, 0.717) is 27.8 Å². The van der Waals surface area contributed by atoms with Crippen LogP contribution in [0, 0.1) is 5.82 Å². The van der Waals surface area contributed by atoms with Crippen LogP contribution in [-0.4, -0.2) is 35.4 Å². The third kappa shape index (κ3) is 6.59. The van der Waals surface area contributed by atoms with Gasteiger partial charge in [0.25, 0.3) is 5.91 Å². The number of amides is 2. The normalized spacial score (nSPS) is 14.8. The van der Waals surface area contributed by atoms with E-state index in [1.165, 1.54) is 29.2 Å². The zero-order valence-corrected chi connectivity index (χ0v) is 19.5. The summed E-state index contributed by atoms with van der Waals surface area (Å²) in [5, 5.41) is 3.99. The molecular weight excluding hydrogens is 454 g/mol. The van der Waals surface area contributed by atoms with Gasteiger partial charge in [0, 0.05) is 22.6 Å². The molecule has 0 heterocycles. The summed E-state index contributed by atoms with van der Waals surface area (Å²) in [5.74, 6) is -0.571. The molecule has 3 rings (SSSR count). The van der Waals surface area contributed by atoms with Gasteiger partial charge < -0.3 is 15.0 Å². The van der Waals surface area contributed by atoms with Crippen molar-refractivity contribution in [3.8, 4) is 5.75 Å². The molecule has 0 bridgehead atoms. The highest BCUT2D eigenvalue weighted by Crippen LogP contribution is 2.24. The van der Waals surface area contributed by atoms with Gasteiger partial charge in [-0.2, -0.15) is 0 Å². The van der Waals surface area contributed by atoms with Crippen molar-refractivity contribution in [2.75, 3.05) is 6.61 Å². The third-order valence-corrected chi connectivity index (χ3v) is 6.21. The fourth-order valence-electron chi connectivity index (χ4n) is 3.88. The maximum atomic E-state index is 13.2. The Labute approximate surface area is 197 Å². The molecule has 8 heteroatoms. The fourth-order valence-corrected chi connectivity index (χ4v) is 4.35. The second-order valence-electron chi connectivity index (χ2n) is 7.91. The Balaban J connectivity index is 1.78. The first-order chi connectivity index (χ1) is 15.4. The topological polar surface area (TPSA) is 58.6 Å². The van der Waals surface area contributed by atoms with Crippen LogP contribution in [0.1, 0.15) is 44.6 Å². The molecule has 2 aromatic rings. The average Bonchev–Trinajstić information content (AvgIpc) is 3.27. The number of carbonyl (C=O) groups is 2. The lowest BCUT2D eigenvalue weighted by atomic mass is 10.1. The van der Waals surface area contributed by atoms with Crippen LogP contribution in [0.3, 0.4) is 0 Å². The molecule has 172 valence electrons. The third-order valence-electron chi connectivity index (χ3n) is 5.62. The molecule has 0 radical (unpaired) electrons. The summed E-state index contributed by atoms with van der Waals surface area (Å²) < 4.78 is 18.7.